The second-order valence-corrected chi connectivity index (χ2v) is 35.7. The highest BCUT2D eigenvalue weighted by Crippen LogP contribution is 2.47. The maximum absolute atomic E-state index is 6.36. The Morgan fingerprint density at radius 3 is 0.978 bits per heavy atom. The zero-order chi connectivity index (χ0) is 89.8. The molecular weight excluding hydrogens is 1650 g/mol. The van der Waals surface area contributed by atoms with Crippen molar-refractivity contribution in [2.45, 2.75) is 34.6 Å². The number of fused-ring (bicyclic) bond motifs is 33. The van der Waals surface area contributed by atoms with Crippen molar-refractivity contribution in [3.8, 4) is 28.4 Å². The molecule has 135 heavy (non-hydrogen) atoms. The Kier molecular flexibility index (Phi) is 18.2. The molecule has 0 radical (unpaired) electrons. The molecular formula is C125H85N5O5. The van der Waals surface area contributed by atoms with E-state index in [1.807, 2.05) is 60.7 Å². The number of hydrogen-bond donors (Lipinski definition) is 0. The average molecular weight is 1740 g/mol. The van der Waals surface area contributed by atoms with Crippen molar-refractivity contribution >= 4 is 219 Å². The molecule has 0 amide bonds. The lowest BCUT2D eigenvalue weighted by Crippen LogP contribution is -1.94. The van der Waals surface area contributed by atoms with Gasteiger partial charge in [-0.1, -0.05) is 260 Å². The smallest absolute Gasteiger partial charge is 0.160 e. The molecule has 0 N–H and O–H groups in total. The van der Waals surface area contributed by atoms with E-state index < -0.39 is 0 Å². The van der Waals surface area contributed by atoms with Gasteiger partial charge in [0.05, 0.1) is 65.9 Å². The Labute approximate surface area is 773 Å². The van der Waals surface area contributed by atoms with Gasteiger partial charge in [0.25, 0.3) is 0 Å². The Bertz CT molecular complexity index is 9970. The summed E-state index contributed by atoms with van der Waals surface area (Å²) in [5, 5.41) is 24.0. The van der Waals surface area contributed by atoms with Crippen molar-refractivity contribution < 1.29 is 22.1 Å². The summed E-state index contributed by atoms with van der Waals surface area (Å²) in [5.41, 5.74) is 33.5. The molecule has 30 rings (SSSR count). The third-order valence-electron chi connectivity index (χ3n) is 27.2. The maximum atomic E-state index is 6.36. The van der Waals surface area contributed by atoms with E-state index in [0.717, 1.165) is 94.0 Å². The molecule has 0 bridgehead atoms. The Morgan fingerprint density at radius 2 is 0.474 bits per heavy atom. The van der Waals surface area contributed by atoms with E-state index in [1.54, 1.807) is 0 Å². The van der Waals surface area contributed by atoms with Gasteiger partial charge >= 0.3 is 0 Å². The van der Waals surface area contributed by atoms with Gasteiger partial charge in [-0.2, -0.15) is 0 Å². The predicted octanol–water partition coefficient (Wildman–Crippen LogP) is 35.0. The largest absolute Gasteiger partial charge is 0.456 e. The minimum absolute atomic E-state index is 0.930. The van der Waals surface area contributed by atoms with Crippen LogP contribution in [0.15, 0.2) is 447 Å². The van der Waals surface area contributed by atoms with E-state index >= 15 is 0 Å². The molecule has 10 heteroatoms. The van der Waals surface area contributed by atoms with Crippen molar-refractivity contribution in [2.24, 2.45) is 0 Å². The molecule has 0 aliphatic rings. The predicted molar refractivity (Wildman–Crippen MR) is 564 cm³/mol. The Balaban J connectivity index is 0.0000000878. The fourth-order valence-electron chi connectivity index (χ4n) is 21.2. The van der Waals surface area contributed by atoms with Crippen molar-refractivity contribution in [3.63, 3.8) is 0 Å². The first-order chi connectivity index (χ1) is 66.5. The van der Waals surface area contributed by atoms with E-state index in [9.17, 15) is 0 Å². The molecule has 20 aromatic carbocycles. The van der Waals surface area contributed by atoms with Gasteiger partial charge in [-0.3, -0.25) is 0 Å². The lowest BCUT2D eigenvalue weighted by Gasteiger charge is -2.09. The Hall–Kier alpha value is -17.6. The van der Waals surface area contributed by atoms with Crippen molar-refractivity contribution in [1.82, 2.24) is 22.8 Å². The summed E-state index contributed by atoms with van der Waals surface area (Å²) in [6.07, 6.45) is 0. The van der Waals surface area contributed by atoms with Crippen LogP contribution in [-0.4, -0.2) is 22.8 Å². The van der Waals surface area contributed by atoms with Crippen LogP contribution in [0.2, 0.25) is 0 Å². The summed E-state index contributed by atoms with van der Waals surface area (Å²) in [4.78, 5) is 0. The summed E-state index contributed by atoms with van der Waals surface area (Å²) < 4.78 is 42.9. The number of nitrogens with zero attached hydrogens (tertiary/aromatic N) is 5. The molecule has 0 aliphatic heterocycles. The first kappa shape index (κ1) is 78.4. The quantitative estimate of drug-likeness (QED) is 0.171. The molecule has 0 spiro atoms. The zero-order valence-corrected chi connectivity index (χ0v) is 74.7. The molecule has 640 valence electrons. The van der Waals surface area contributed by atoms with Crippen LogP contribution >= 0.6 is 0 Å². The molecule has 0 aliphatic carbocycles. The summed E-state index contributed by atoms with van der Waals surface area (Å²) in [6, 6.07) is 150. The van der Waals surface area contributed by atoms with Crippen LogP contribution in [-0.2, 0) is 0 Å². The monoisotopic (exact) mass is 1740 g/mol. The number of rotatable bonds is 5. The minimum Gasteiger partial charge on any atom is -0.456 e. The fourth-order valence-corrected chi connectivity index (χ4v) is 21.2. The van der Waals surface area contributed by atoms with Crippen LogP contribution in [0.4, 0.5) is 0 Å². The number of hydrogen-bond acceptors (Lipinski definition) is 5. The summed E-state index contributed by atoms with van der Waals surface area (Å²) in [6.45, 7) is 10.6. The van der Waals surface area contributed by atoms with Crippen LogP contribution in [0.3, 0.4) is 0 Å². The van der Waals surface area contributed by atoms with Crippen molar-refractivity contribution in [3.05, 3.63) is 452 Å². The number of furan rings is 5. The number of para-hydroxylation sites is 10. The van der Waals surface area contributed by atoms with Crippen LogP contribution < -0.4 is 0 Å². The van der Waals surface area contributed by atoms with Crippen molar-refractivity contribution in [2.75, 3.05) is 0 Å². The van der Waals surface area contributed by atoms with Crippen LogP contribution in [0, 0.1) is 34.6 Å². The van der Waals surface area contributed by atoms with E-state index in [1.165, 1.54) is 181 Å². The van der Waals surface area contributed by atoms with E-state index in [4.69, 9.17) is 22.1 Å². The van der Waals surface area contributed by atoms with Gasteiger partial charge in [0, 0.05) is 131 Å². The third-order valence-corrected chi connectivity index (χ3v) is 27.2. The second kappa shape index (κ2) is 31.3. The zero-order valence-electron chi connectivity index (χ0n) is 74.7. The van der Waals surface area contributed by atoms with Crippen LogP contribution in [0.5, 0.6) is 0 Å². The molecule has 0 saturated heterocycles. The lowest BCUT2D eigenvalue weighted by molar-refractivity contribution is 0.669. The number of aryl methyl sites for hydroxylation is 5. The first-order valence-corrected chi connectivity index (χ1v) is 46.1. The van der Waals surface area contributed by atoms with Gasteiger partial charge in [0.1, 0.15) is 50.2 Å². The fraction of sp³-hybridized carbons (Fsp3) is 0.0400. The molecule has 0 atom stereocenters. The van der Waals surface area contributed by atoms with Gasteiger partial charge in [-0.05, 0) is 221 Å². The molecule has 0 saturated carbocycles. The van der Waals surface area contributed by atoms with E-state index in [-0.39, 0.29) is 0 Å². The highest BCUT2D eigenvalue weighted by atomic mass is 16.3. The van der Waals surface area contributed by atoms with Gasteiger partial charge in [0.15, 0.2) is 5.58 Å². The second-order valence-electron chi connectivity index (χ2n) is 35.7. The van der Waals surface area contributed by atoms with Gasteiger partial charge in [-0.15, -0.1) is 0 Å². The molecule has 10 aromatic heterocycles. The summed E-state index contributed by atoms with van der Waals surface area (Å²) in [7, 11) is 0. The molecule has 10 nitrogen and oxygen atoms in total. The summed E-state index contributed by atoms with van der Waals surface area (Å²) in [5.74, 6) is 0. The molecule has 10 heterocycles. The highest BCUT2D eigenvalue weighted by molar-refractivity contribution is 6.27. The average Bonchev–Trinajstić information content (AvgIpc) is 1.57. The SMILES string of the molecule is Cc1ccc(-n2c3ccccc3c3ccc4c5ccccc5oc4c32)cc1.Cc1ccc(-n2c3ccccc3c3ccc4oc5ccccc5c4c32)cc1.Cc1cccc(-n2c3ccccc3c3c4oc5ccccc5c4ccc32)c1.Cc1cccc(-n2c3ccccc3c3cc4c(cc32)oc2ccccc24)c1.Cc1cccc(-n2c3ccccc3c3cc4oc5ccccc5c4cc32)c1. The summed E-state index contributed by atoms with van der Waals surface area (Å²) >= 11 is 0. The topological polar surface area (TPSA) is 90.4 Å². The van der Waals surface area contributed by atoms with Crippen LogP contribution in [0.25, 0.3) is 247 Å². The van der Waals surface area contributed by atoms with Crippen molar-refractivity contribution in [1.29, 1.82) is 0 Å². The third kappa shape index (κ3) is 12.8. The maximum Gasteiger partial charge on any atom is 0.160 e. The first-order valence-electron chi connectivity index (χ1n) is 46.1. The minimum atomic E-state index is 0.930. The normalized spacial score (nSPS) is 11.9. The lowest BCUT2D eigenvalue weighted by atomic mass is 10.1. The molecule has 0 unspecified atom stereocenters. The number of benzene rings is 20. The van der Waals surface area contributed by atoms with E-state index in [2.05, 4.69) is 421 Å². The Morgan fingerprint density at radius 1 is 0.141 bits per heavy atom. The molecule has 30 aromatic rings. The van der Waals surface area contributed by atoms with Crippen LogP contribution in [0.1, 0.15) is 27.8 Å². The standard InChI is InChI=1S/5C25H17NO/c1-16-7-6-8-17(15-16)26-21-11-4-2-10-20(21)24-22(26)14-13-19-18-9-3-5-12-23(18)27-25(19)24;1-16-7-6-8-17(13-16)26-22-11-4-2-9-18(22)20-15-25-21(14-23(20)26)19-10-3-5-12-24(19)27-25;1-16-7-6-8-17(13-16)26-22-11-4-2-9-18(22)20-14-21-19-10-3-5-12-24(19)27-25(21)15-23(20)26;1-16-10-12-17(13-11-16)26-21-8-4-2-6-18(21)19-14-15-23-24(25(19)26)20-7-3-5-9-22(20)27-23;1-16-10-12-17(13-11-16)26-22-8-4-2-6-18(22)20-14-15-21-19-7-3-5-9-23(19)27-25(21)24(20)26/h5*2-15H,1H3. The highest BCUT2D eigenvalue weighted by Gasteiger charge is 2.25. The number of aromatic nitrogens is 5. The van der Waals surface area contributed by atoms with Gasteiger partial charge in [0.2, 0.25) is 0 Å². The van der Waals surface area contributed by atoms with Gasteiger partial charge < -0.3 is 44.9 Å². The van der Waals surface area contributed by atoms with Gasteiger partial charge in [-0.25, -0.2) is 0 Å². The molecule has 0 fully saturated rings. The van der Waals surface area contributed by atoms with E-state index in [0.29, 0.717) is 0 Å².